The van der Waals surface area contributed by atoms with Crippen molar-refractivity contribution < 1.29 is 4.79 Å². The Hall–Kier alpha value is -0.610. The molecule has 0 spiro atoms. The molecule has 4 heteroatoms. The molecule has 0 aromatic heterocycles. The summed E-state index contributed by atoms with van der Waals surface area (Å²) in [6, 6.07) is 0.584. The van der Waals surface area contributed by atoms with Crippen molar-refractivity contribution in [1.82, 2.24) is 15.5 Å². The van der Waals surface area contributed by atoms with Crippen molar-refractivity contribution in [3.63, 3.8) is 0 Å². The Labute approximate surface area is 118 Å². The molecule has 0 bridgehead atoms. The Morgan fingerprint density at radius 3 is 2.74 bits per heavy atom. The summed E-state index contributed by atoms with van der Waals surface area (Å²) < 4.78 is 0. The monoisotopic (exact) mass is 269 g/mol. The van der Waals surface area contributed by atoms with E-state index in [1.54, 1.807) is 0 Å². The summed E-state index contributed by atoms with van der Waals surface area (Å²) in [7, 11) is 0. The van der Waals surface area contributed by atoms with Crippen molar-refractivity contribution in [1.29, 1.82) is 0 Å². The third kappa shape index (κ3) is 7.53. The molecule has 1 rings (SSSR count). The number of unbranched alkanes of at least 4 members (excludes halogenated alkanes) is 2. The van der Waals surface area contributed by atoms with E-state index in [2.05, 4.69) is 29.4 Å². The van der Waals surface area contributed by atoms with Gasteiger partial charge in [0.1, 0.15) is 0 Å². The lowest BCUT2D eigenvalue weighted by atomic mass is 10.2. The zero-order valence-corrected chi connectivity index (χ0v) is 12.7. The molecule has 2 N–H and O–H groups in total. The van der Waals surface area contributed by atoms with Crippen LogP contribution >= 0.6 is 0 Å². The fourth-order valence-corrected chi connectivity index (χ4v) is 2.50. The van der Waals surface area contributed by atoms with Crippen LogP contribution in [-0.4, -0.2) is 49.6 Å². The smallest absolute Gasteiger partial charge is 0.234 e. The van der Waals surface area contributed by atoms with E-state index in [9.17, 15) is 4.79 Å². The minimum absolute atomic E-state index is 0.183. The van der Waals surface area contributed by atoms with Gasteiger partial charge in [-0.25, -0.2) is 0 Å². The summed E-state index contributed by atoms with van der Waals surface area (Å²) in [4.78, 5) is 14.2. The molecule has 1 unspecified atom stereocenters. The van der Waals surface area contributed by atoms with Crippen LogP contribution in [0.15, 0.2) is 0 Å². The van der Waals surface area contributed by atoms with E-state index in [0.29, 0.717) is 12.6 Å². The lowest BCUT2D eigenvalue weighted by Gasteiger charge is -2.25. The van der Waals surface area contributed by atoms with E-state index >= 15 is 0 Å². The van der Waals surface area contributed by atoms with Gasteiger partial charge < -0.3 is 10.6 Å². The molecule has 1 aliphatic rings. The average molecular weight is 269 g/mol. The van der Waals surface area contributed by atoms with Crippen LogP contribution in [0.2, 0.25) is 0 Å². The fraction of sp³-hybridized carbons (Fsp3) is 0.933. The Kier molecular flexibility index (Phi) is 8.84. The van der Waals surface area contributed by atoms with Gasteiger partial charge in [0, 0.05) is 19.1 Å². The van der Waals surface area contributed by atoms with Gasteiger partial charge in [0.15, 0.2) is 0 Å². The van der Waals surface area contributed by atoms with Gasteiger partial charge >= 0.3 is 0 Å². The fourth-order valence-electron chi connectivity index (χ4n) is 2.50. The number of rotatable bonds is 10. The molecule has 1 heterocycles. The maximum absolute atomic E-state index is 11.9. The Bertz CT molecular complexity index is 240. The normalized spacial score (nSPS) is 19.0. The van der Waals surface area contributed by atoms with Crippen molar-refractivity contribution in [2.24, 2.45) is 0 Å². The van der Waals surface area contributed by atoms with Crippen LogP contribution in [0.1, 0.15) is 52.4 Å². The Morgan fingerprint density at radius 1 is 1.32 bits per heavy atom. The molecule has 1 amide bonds. The van der Waals surface area contributed by atoms with Crippen LogP contribution in [-0.2, 0) is 4.79 Å². The molecule has 112 valence electrons. The molecule has 0 saturated carbocycles. The number of carbonyl (C=O) groups excluding carboxylic acids is 1. The SMILES string of the molecule is CCCCNC(=O)CN(CCCC)CC1CCCN1. The summed E-state index contributed by atoms with van der Waals surface area (Å²) >= 11 is 0. The average Bonchev–Trinajstić information content (AvgIpc) is 2.89. The summed E-state index contributed by atoms with van der Waals surface area (Å²) in [5, 5.41) is 6.53. The van der Waals surface area contributed by atoms with Crippen molar-refractivity contribution >= 4 is 5.91 Å². The van der Waals surface area contributed by atoms with Crippen molar-refractivity contribution in [3.05, 3.63) is 0 Å². The largest absolute Gasteiger partial charge is 0.355 e. The van der Waals surface area contributed by atoms with Gasteiger partial charge in [0.2, 0.25) is 5.91 Å². The molecular weight excluding hydrogens is 238 g/mol. The molecule has 1 atom stereocenters. The maximum atomic E-state index is 11.9. The standard InChI is InChI=1S/C15H31N3O/c1-3-5-9-17-15(19)13-18(11-6-4-2)12-14-8-7-10-16-14/h14,16H,3-13H2,1-2H3,(H,17,19). The number of hydrogen-bond donors (Lipinski definition) is 2. The number of amides is 1. The second kappa shape index (κ2) is 10.2. The summed E-state index contributed by atoms with van der Waals surface area (Å²) in [6.45, 7) is 8.91. The lowest BCUT2D eigenvalue weighted by Crippen LogP contribution is -2.43. The van der Waals surface area contributed by atoms with Crippen molar-refractivity contribution in [2.75, 3.05) is 32.7 Å². The van der Waals surface area contributed by atoms with Crippen molar-refractivity contribution in [3.8, 4) is 0 Å². The molecule has 1 saturated heterocycles. The lowest BCUT2D eigenvalue weighted by molar-refractivity contribution is -0.122. The van der Waals surface area contributed by atoms with Gasteiger partial charge in [-0.15, -0.1) is 0 Å². The van der Waals surface area contributed by atoms with E-state index in [1.807, 2.05) is 0 Å². The zero-order chi connectivity index (χ0) is 13.9. The van der Waals surface area contributed by atoms with E-state index in [4.69, 9.17) is 0 Å². The molecule has 19 heavy (non-hydrogen) atoms. The van der Waals surface area contributed by atoms with Crippen LogP contribution in [0.5, 0.6) is 0 Å². The molecule has 0 radical (unpaired) electrons. The maximum Gasteiger partial charge on any atom is 0.234 e. The number of nitrogens with one attached hydrogen (secondary N) is 2. The van der Waals surface area contributed by atoms with E-state index in [0.717, 1.165) is 39.0 Å². The van der Waals surface area contributed by atoms with Crippen LogP contribution < -0.4 is 10.6 Å². The van der Waals surface area contributed by atoms with Gasteiger partial charge in [-0.1, -0.05) is 26.7 Å². The summed E-state index contributed by atoms with van der Waals surface area (Å²) in [6.07, 6.45) is 7.09. The predicted octanol–water partition coefficient (Wildman–Crippen LogP) is 1.76. The predicted molar refractivity (Wildman–Crippen MR) is 80.3 cm³/mol. The second-order valence-electron chi connectivity index (χ2n) is 5.59. The van der Waals surface area contributed by atoms with Crippen LogP contribution in [0, 0.1) is 0 Å². The van der Waals surface area contributed by atoms with E-state index < -0.39 is 0 Å². The number of nitrogens with zero attached hydrogens (tertiary/aromatic N) is 1. The van der Waals surface area contributed by atoms with Crippen molar-refractivity contribution in [2.45, 2.75) is 58.4 Å². The molecule has 0 aromatic rings. The first kappa shape index (κ1) is 16.4. The quantitative estimate of drug-likeness (QED) is 0.594. The van der Waals surface area contributed by atoms with Gasteiger partial charge in [-0.2, -0.15) is 0 Å². The van der Waals surface area contributed by atoms with E-state index in [-0.39, 0.29) is 5.91 Å². The minimum Gasteiger partial charge on any atom is -0.355 e. The summed E-state index contributed by atoms with van der Waals surface area (Å²) in [5.74, 6) is 0.183. The van der Waals surface area contributed by atoms with Crippen LogP contribution in [0.25, 0.3) is 0 Å². The van der Waals surface area contributed by atoms with Crippen LogP contribution in [0.3, 0.4) is 0 Å². The molecular formula is C15H31N3O. The Morgan fingerprint density at radius 2 is 2.11 bits per heavy atom. The third-order valence-corrected chi connectivity index (χ3v) is 3.69. The number of hydrogen-bond acceptors (Lipinski definition) is 3. The first-order valence-electron chi connectivity index (χ1n) is 7.98. The zero-order valence-electron chi connectivity index (χ0n) is 12.7. The highest BCUT2D eigenvalue weighted by Crippen LogP contribution is 2.07. The Balaban J connectivity index is 2.28. The molecule has 0 aliphatic carbocycles. The van der Waals surface area contributed by atoms with E-state index in [1.165, 1.54) is 25.7 Å². The highest BCUT2D eigenvalue weighted by atomic mass is 16.2. The van der Waals surface area contributed by atoms with Gasteiger partial charge in [-0.05, 0) is 38.8 Å². The minimum atomic E-state index is 0.183. The van der Waals surface area contributed by atoms with Gasteiger partial charge in [0.05, 0.1) is 6.54 Å². The first-order valence-corrected chi connectivity index (χ1v) is 7.98. The number of carbonyl (C=O) groups is 1. The third-order valence-electron chi connectivity index (χ3n) is 3.69. The van der Waals surface area contributed by atoms with Gasteiger partial charge in [0.25, 0.3) is 0 Å². The van der Waals surface area contributed by atoms with Gasteiger partial charge in [-0.3, -0.25) is 9.69 Å². The topological polar surface area (TPSA) is 44.4 Å². The highest BCUT2D eigenvalue weighted by molar-refractivity contribution is 5.77. The second-order valence-corrected chi connectivity index (χ2v) is 5.59. The highest BCUT2D eigenvalue weighted by Gasteiger charge is 2.19. The molecule has 4 nitrogen and oxygen atoms in total. The molecule has 0 aromatic carbocycles. The summed E-state index contributed by atoms with van der Waals surface area (Å²) in [5.41, 5.74) is 0. The molecule has 1 fully saturated rings. The van der Waals surface area contributed by atoms with Crippen LogP contribution in [0.4, 0.5) is 0 Å². The molecule has 1 aliphatic heterocycles. The first-order chi connectivity index (χ1) is 9.26.